The first-order valence-corrected chi connectivity index (χ1v) is 10.1. The third-order valence-electron chi connectivity index (χ3n) is 4.74. The maximum Gasteiger partial charge on any atom is 0.254 e. The minimum atomic E-state index is -3.47. The molecular weight excluding hydrogens is 358 g/mol. The maximum atomic E-state index is 12.7. The lowest BCUT2D eigenvalue weighted by Gasteiger charge is -2.27. The normalized spacial score (nSPS) is 21.0. The SMILES string of the molecule is CS(=O)(=O)N1Cc2cc(C(=O)N3CCOCC3)ccc2[C@H]1c1cnco1. The Morgan fingerprint density at radius 1 is 1.27 bits per heavy atom. The van der Waals surface area contributed by atoms with Crippen molar-refractivity contribution in [3.63, 3.8) is 0 Å². The van der Waals surface area contributed by atoms with Gasteiger partial charge < -0.3 is 14.1 Å². The van der Waals surface area contributed by atoms with E-state index < -0.39 is 16.1 Å². The van der Waals surface area contributed by atoms with E-state index in [1.165, 1.54) is 23.2 Å². The summed E-state index contributed by atoms with van der Waals surface area (Å²) in [7, 11) is -3.47. The number of carbonyl (C=O) groups is 1. The summed E-state index contributed by atoms with van der Waals surface area (Å²) in [5.74, 6) is 0.395. The molecule has 3 heterocycles. The van der Waals surface area contributed by atoms with Crippen molar-refractivity contribution in [3.05, 3.63) is 53.2 Å². The average Bonchev–Trinajstić information content (AvgIpc) is 3.28. The Bertz CT molecular complexity index is 920. The number of benzene rings is 1. The highest BCUT2D eigenvalue weighted by molar-refractivity contribution is 7.88. The van der Waals surface area contributed by atoms with Crippen molar-refractivity contribution in [1.82, 2.24) is 14.2 Å². The molecule has 138 valence electrons. The second-order valence-electron chi connectivity index (χ2n) is 6.43. The lowest BCUT2D eigenvalue weighted by Crippen LogP contribution is -2.40. The first-order chi connectivity index (χ1) is 12.4. The standard InChI is InChI=1S/C17H19N3O5S/c1-26(22,23)20-10-13-8-12(17(21)19-4-6-24-7-5-19)2-3-14(13)16(20)15-9-18-11-25-15/h2-3,8-9,11,16H,4-7,10H2,1H3/t16-/m0/s1. The third kappa shape index (κ3) is 3.02. The Morgan fingerprint density at radius 3 is 2.69 bits per heavy atom. The van der Waals surface area contributed by atoms with Gasteiger partial charge in [-0.3, -0.25) is 4.79 Å². The van der Waals surface area contributed by atoms with E-state index in [2.05, 4.69) is 4.98 Å². The summed E-state index contributed by atoms with van der Waals surface area (Å²) >= 11 is 0. The van der Waals surface area contributed by atoms with Gasteiger partial charge in [-0.1, -0.05) is 6.07 Å². The predicted molar refractivity (Wildman–Crippen MR) is 91.9 cm³/mol. The predicted octanol–water partition coefficient (Wildman–Crippen LogP) is 1.01. The van der Waals surface area contributed by atoms with E-state index in [1.54, 1.807) is 23.1 Å². The van der Waals surface area contributed by atoms with Crippen molar-refractivity contribution < 1.29 is 22.4 Å². The fourth-order valence-electron chi connectivity index (χ4n) is 3.47. The van der Waals surface area contributed by atoms with Crippen LogP contribution in [0.25, 0.3) is 0 Å². The molecule has 2 aromatic rings. The minimum absolute atomic E-state index is 0.0647. The molecule has 2 aliphatic heterocycles. The van der Waals surface area contributed by atoms with Crippen LogP contribution in [-0.2, 0) is 21.3 Å². The van der Waals surface area contributed by atoms with Crippen LogP contribution in [-0.4, -0.2) is 61.1 Å². The summed E-state index contributed by atoms with van der Waals surface area (Å²) in [6.07, 6.45) is 3.97. The molecule has 2 aliphatic rings. The van der Waals surface area contributed by atoms with Crippen LogP contribution in [0.4, 0.5) is 0 Å². The molecule has 1 saturated heterocycles. The number of nitrogens with zero attached hydrogens (tertiary/aromatic N) is 3. The maximum absolute atomic E-state index is 12.7. The van der Waals surface area contributed by atoms with Gasteiger partial charge in [-0.25, -0.2) is 13.4 Å². The van der Waals surface area contributed by atoms with Gasteiger partial charge in [-0.05, 0) is 23.3 Å². The molecule has 1 fully saturated rings. The van der Waals surface area contributed by atoms with E-state index in [4.69, 9.17) is 9.15 Å². The summed E-state index contributed by atoms with van der Waals surface area (Å²) in [6, 6.07) is 4.77. The number of carbonyl (C=O) groups excluding carboxylic acids is 1. The topological polar surface area (TPSA) is 93.0 Å². The minimum Gasteiger partial charge on any atom is -0.446 e. The van der Waals surface area contributed by atoms with E-state index >= 15 is 0 Å². The molecule has 1 aromatic carbocycles. The Morgan fingerprint density at radius 2 is 2.04 bits per heavy atom. The van der Waals surface area contributed by atoms with Gasteiger partial charge >= 0.3 is 0 Å². The molecule has 0 spiro atoms. The molecule has 0 radical (unpaired) electrons. The number of hydrogen-bond donors (Lipinski definition) is 0. The van der Waals surface area contributed by atoms with Gasteiger partial charge in [-0.2, -0.15) is 4.31 Å². The molecule has 0 unspecified atom stereocenters. The zero-order chi connectivity index (χ0) is 18.3. The Labute approximate surface area is 151 Å². The number of aromatic nitrogens is 1. The van der Waals surface area contributed by atoms with Crippen molar-refractivity contribution in [2.75, 3.05) is 32.6 Å². The number of ether oxygens (including phenoxy) is 1. The second kappa shape index (κ2) is 6.49. The fraction of sp³-hybridized carbons (Fsp3) is 0.412. The summed E-state index contributed by atoms with van der Waals surface area (Å²) in [5, 5.41) is 0. The molecule has 1 atom stereocenters. The molecule has 9 heteroatoms. The number of rotatable bonds is 3. The van der Waals surface area contributed by atoms with E-state index in [9.17, 15) is 13.2 Å². The number of hydrogen-bond acceptors (Lipinski definition) is 6. The quantitative estimate of drug-likeness (QED) is 0.793. The monoisotopic (exact) mass is 377 g/mol. The lowest BCUT2D eigenvalue weighted by molar-refractivity contribution is 0.0303. The fourth-order valence-corrected chi connectivity index (χ4v) is 4.44. The van der Waals surface area contributed by atoms with Gasteiger partial charge in [0.25, 0.3) is 5.91 Å². The zero-order valence-corrected chi connectivity index (χ0v) is 15.1. The molecule has 1 aromatic heterocycles. The van der Waals surface area contributed by atoms with Crippen molar-refractivity contribution in [2.45, 2.75) is 12.6 Å². The number of fused-ring (bicyclic) bond motifs is 1. The first-order valence-electron chi connectivity index (χ1n) is 8.30. The first kappa shape index (κ1) is 17.2. The lowest BCUT2D eigenvalue weighted by atomic mass is 10.0. The van der Waals surface area contributed by atoms with Crippen molar-refractivity contribution >= 4 is 15.9 Å². The van der Waals surface area contributed by atoms with Gasteiger partial charge in [0.2, 0.25) is 10.0 Å². The highest BCUT2D eigenvalue weighted by Crippen LogP contribution is 2.40. The van der Waals surface area contributed by atoms with Crippen molar-refractivity contribution in [2.24, 2.45) is 0 Å². The Balaban J connectivity index is 1.70. The zero-order valence-electron chi connectivity index (χ0n) is 14.3. The number of oxazole rings is 1. The number of sulfonamides is 1. The van der Waals surface area contributed by atoms with E-state index in [0.717, 1.165) is 11.1 Å². The molecular formula is C17H19N3O5S. The molecule has 0 saturated carbocycles. The van der Waals surface area contributed by atoms with Crippen LogP contribution >= 0.6 is 0 Å². The van der Waals surface area contributed by atoms with Gasteiger partial charge in [0.15, 0.2) is 6.39 Å². The van der Waals surface area contributed by atoms with Crippen LogP contribution in [0.1, 0.15) is 33.3 Å². The Kier molecular flexibility index (Phi) is 4.29. The van der Waals surface area contributed by atoms with Crippen molar-refractivity contribution in [1.29, 1.82) is 0 Å². The van der Waals surface area contributed by atoms with E-state index in [1.807, 2.05) is 0 Å². The summed E-state index contributed by atoms with van der Waals surface area (Å²) in [4.78, 5) is 18.4. The number of amides is 1. The van der Waals surface area contributed by atoms with Crippen LogP contribution in [0.15, 0.2) is 35.2 Å². The highest BCUT2D eigenvalue weighted by Gasteiger charge is 2.39. The third-order valence-corrected chi connectivity index (χ3v) is 5.94. The molecule has 8 nitrogen and oxygen atoms in total. The number of morpholine rings is 1. The van der Waals surface area contributed by atoms with Crippen LogP contribution in [0.5, 0.6) is 0 Å². The van der Waals surface area contributed by atoms with E-state index in [-0.39, 0.29) is 12.5 Å². The summed E-state index contributed by atoms with van der Waals surface area (Å²) < 4.78 is 36.5. The van der Waals surface area contributed by atoms with Crippen LogP contribution in [0, 0.1) is 0 Å². The molecule has 0 N–H and O–H groups in total. The molecule has 0 bridgehead atoms. The molecule has 1 amide bonds. The van der Waals surface area contributed by atoms with Gasteiger partial charge in [0.05, 0.1) is 25.7 Å². The smallest absolute Gasteiger partial charge is 0.254 e. The second-order valence-corrected chi connectivity index (χ2v) is 8.37. The molecule has 0 aliphatic carbocycles. The summed E-state index contributed by atoms with van der Waals surface area (Å²) in [6.45, 7) is 2.39. The van der Waals surface area contributed by atoms with Gasteiger partial charge in [-0.15, -0.1) is 0 Å². The largest absolute Gasteiger partial charge is 0.446 e. The average molecular weight is 377 g/mol. The molecule has 4 rings (SSSR count). The Hall–Kier alpha value is -2.23. The van der Waals surface area contributed by atoms with Crippen LogP contribution in [0.3, 0.4) is 0 Å². The van der Waals surface area contributed by atoms with Gasteiger partial charge in [0.1, 0.15) is 11.8 Å². The highest BCUT2D eigenvalue weighted by atomic mass is 32.2. The van der Waals surface area contributed by atoms with Crippen LogP contribution in [0.2, 0.25) is 0 Å². The molecule has 26 heavy (non-hydrogen) atoms. The van der Waals surface area contributed by atoms with Crippen molar-refractivity contribution in [3.8, 4) is 0 Å². The van der Waals surface area contributed by atoms with Gasteiger partial charge in [0, 0.05) is 25.2 Å². The van der Waals surface area contributed by atoms with Crippen LogP contribution < -0.4 is 0 Å². The summed E-state index contributed by atoms with van der Waals surface area (Å²) in [5.41, 5.74) is 2.17. The van der Waals surface area contributed by atoms with E-state index in [0.29, 0.717) is 37.6 Å².